The van der Waals surface area contributed by atoms with Crippen molar-refractivity contribution in [2.24, 2.45) is 0 Å². The predicted octanol–water partition coefficient (Wildman–Crippen LogP) is 17.2. The van der Waals surface area contributed by atoms with Crippen LogP contribution in [-0.4, -0.2) is 6.41 Å². The van der Waals surface area contributed by atoms with E-state index in [1.165, 1.54) is 137 Å². The predicted molar refractivity (Wildman–Crippen MR) is 393 cm³/mol. The van der Waals surface area contributed by atoms with Gasteiger partial charge in [0.2, 0.25) is 0 Å². The number of fused-ring (bicyclic) bond motifs is 6. The van der Waals surface area contributed by atoms with Gasteiger partial charge in [-0.15, -0.1) is 24.0 Å². The maximum atomic E-state index is 3.53. The van der Waals surface area contributed by atoms with Crippen molar-refractivity contribution < 1.29 is 73.3 Å². The van der Waals surface area contributed by atoms with Crippen LogP contribution in [-0.2, 0) is 105 Å². The first-order chi connectivity index (χ1) is 43.0. The van der Waals surface area contributed by atoms with Gasteiger partial charge in [0.05, 0.1) is 0 Å². The summed E-state index contributed by atoms with van der Waals surface area (Å²) in [5, 5.41) is 0. The fourth-order valence-corrected chi connectivity index (χ4v) is 13.6. The zero-order valence-corrected chi connectivity index (χ0v) is 66.8. The number of hydrogen-bond donors (Lipinski definition) is 0. The summed E-state index contributed by atoms with van der Waals surface area (Å²) in [5.41, 5.74) is 23.5. The molecule has 0 aromatic heterocycles. The molecule has 488 valence electrons. The largest absolute Gasteiger partial charge is 1.00 e. The van der Waals surface area contributed by atoms with Crippen LogP contribution < -0.4 is 24.8 Å². The van der Waals surface area contributed by atoms with E-state index in [-0.39, 0.29) is 68.1 Å². The Balaban J connectivity index is 0.000000214. The van der Waals surface area contributed by atoms with Gasteiger partial charge in [-0.25, -0.2) is 24.3 Å². The number of halogens is 2. The Hall–Kier alpha value is -5.19. The minimum atomic E-state index is 0. The Morgan fingerprint density at radius 3 is 0.777 bits per heavy atom. The van der Waals surface area contributed by atoms with Crippen LogP contribution in [0, 0.1) is 24.3 Å². The summed E-state index contributed by atoms with van der Waals surface area (Å²) in [6.45, 7) is 46.0. The summed E-state index contributed by atoms with van der Waals surface area (Å²) >= 11 is 3.03. The van der Waals surface area contributed by atoms with Crippen molar-refractivity contribution in [3.05, 3.63) is 309 Å². The molecule has 4 aliphatic carbocycles. The molecule has 0 atom stereocenters. The van der Waals surface area contributed by atoms with E-state index in [9.17, 15) is 0 Å². The first-order valence-electron chi connectivity index (χ1n) is 33.3. The quantitative estimate of drug-likeness (QED) is 0.133. The Bertz CT molecular complexity index is 3390. The summed E-state index contributed by atoms with van der Waals surface area (Å²) in [6, 6.07) is 73.5. The van der Waals surface area contributed by atoms with Crippen LogP contribution in [0.4, 0.5) is 0 Å². The minimum Gasteiger partial charge on any atom is -1.00 e. The van der Waals surface area contributed by atoms with Gasteiger partial charge in [0, 0.05) is 0 Å². The molecule has 12 rings (SSSR count). The number of hydrogen-bond acceptors (Lipinski definition) is 0. The second-order valence-corrected chi connectivity index (χ2v) is 33.8. The average Bonchev–Trinajstić information content (AvgIpc) is 1.40. The molecule has 0 saturated heterocycles. The zero-order chi connectivity index (χ0) is 67.5. The number of benzene rings is 8. The molecule has 4 aliphatic rings. The van der Waals surface area contributed by atoms with Crippen LogP contribution in [0.25, 0.3) is 22.3 Å². The molecule has 0 saturated carbocycles. The molecule has 0 N–H and O–H groups in total. The van der Waals surface area contributed by atoms with E-state index in [4.69, 9.17) is 0 Å². The number of allylic oxidation sites excluding steroid dienone is 8. The van der Waals surface area contributed by atoms with E-state index >= 15 is 0 Å². The van der Waals surface area contributed by atoms with E-state index in [0.29, 0.717) is 0 Å². The van der Waals surface area contributed by atoms with Gasteiger partial charge in [-0.05, 0) is 34.8 Å². The third-order valence-corrected chi connectivity index (χ3v) is 24.9. The molecule has 0 nitrogen and oxygen atoms in total. The Morgan fingerprint density at radius 2 is 0.564 bits per heavy atom. The molecule has 0 unspecified atom stereocenters. The SMILES string of the molecule is CC(C)(C)c1c[c-]c2c(c1)-c1cc(C(C)(C)C)ccc1C2.CC(C)(C)c1c[c-]c2c(c1)-c1cc(C(C)(C)C)ccc1C2.CC(C)([C](=[Zr+2])C(C)(C)c1ccccc1)c1ccccc1.CC(C)([C](=[Zr+2])C(C)(C)c1ccccc1)c1ccccc1.[C-]1=CC=CC1.[C-]1=CC=CC1.[Cl-].[Cl-]. The van der Waals surface area contributed by atoms with Crippen LogP contribution in [0.5, 0.6) is 0 Å². The molecule has 0 fully saturated rings. The van der Waals surface area contributed by atoms with Crippen molar-refractivity contribution in [1.29, 1.82) is 0 Å². The van der Waals surface area contributed by atoms with Gasteiger partial charge in [0.25, 0.3) is 0 Å². The standard InChI is InChI=1S/2C21H25.2C19H22.2C5H5.2ClH.2Zr/c2*1-20(2,3)16-9-7-14-11-15-8-10-17(21(4,5)6)13-19(15)18(14)12-16;2*1-18(2,16-11-7-5-8-12-16)15-19(3,4)17-13-9-6-10-14-17;2*1-2-4-5-3-1;;;;/h2*7,9-10,12-13H,11H2,1-6H3;2*5-14H,1-4H3;2*1-3H,4H2;2*1H;;/q2*-1;;;2*-1;;;2*+2/p-2. The molecule has 8 aromatic carbocycles. The van der Waals surface area contributed by atoms with Gasteiger partial charge in [-0.1, -0.05) is 153 Å². The van der Waals surface area contributed by atoms with E-state index in [1.54, 1.807) is 6.41 Å². The fourth-order valence-electron chi connectivity index (χ4n) is 12.2. The van der Waals surface area contributed by atoms with Crippen LogP contribution in [0.1, 0.15) is 218 Å². The molecule has 4 heteroatoms. The monoisotopic (exact) mass is 1430 g/mol. The molecule has 0 heterocycles. The minimum absolute atomic E-state index is 0. The maximum absolute atomic E-state index is 3.53. The normalized spacial score (nSPS) is 13.4. The van der Waals surface area contributed by atoms with Crippen LogP contribution in [0.15, 0.2) is 218 Å². The molecular weight excluding hydrogens is 1330 g/mol. The molecule has 0 radical (unpaired) electrons. The summed E-state index contributed by atoms with van der Waals surface area (Å²) in [4.78, 5) is 0. The molecule has 0 aliphatic heterocycles. The second kappa shape index (κ2) is 33.4. The van der Waals surface area contributed by atoms with Gasteiger partial charge in [-0.3, -0.25) is 12.2 Å². The first kappa shape index (κ1) is 79.5. The topological polar surface area (TPSA) is 0 Å². The zero-order valence-electron chi connectivity index (χ0n) is 60.4. The summed E-state index contributed by atoms with van der Waals surface area (Å²) in [7, 11) is 0. The van der Waals surface area contributed by atoms with Crippen molar-refractivity contribution in [3.8, 4) is 22.3 Å². The molecule has 94 heavy (non-hydrogen) atoms. The summed E-state index contributed by atoms with van der Waals surface area (Å²) in [6.07, 6.45) is 22.1. The van der Waals surface area contributed by atoms with E-state index in [1.807, 2.05) is 24.3 Å². The average molecular weight is 1440 g/mol. The van der Waals surface area contributed by atoms with Crippen molar-refractivity contribution >= 4 is 6.41 Å². The van der Waals surface area contributed by atoms with Crippen molar-refractivity contribution in [2.75, 3.05) is 0 Å². The molecular formula is C90H104Cl2Zr2-2. The third kappa shape index (κ3) is 20.4. The molecule has 8 aromatic rings. The van der Waals surface area contributed by atoms with E-state index < -0.39 is 0 Å². The Morgan fingerprint density at radius 1 is 0.309 bits per heavy atom. The van der Waals surface area contributed by atoms with Gasteiger partial charge in [-0.2, -0.15) is 70.8 Å². The molecule has 0 amide bonds. The second-order valence-electron chi connectivity index (χ2n) is 31.4. The molecule has 0 bridgehead atoms. The van der Waals surface area contributed by atoms with Crippen molar-refractivity contribution in [2.45, 2.75) is 207 Å². The summed E-state index contributed by atoms with van der Waals surface area (Å²) < 4.78 is 3.16. The number of rotatable bonds is 8. The van der Waals surface area contributed by atoms with Crippen LogP contribution >= 0.6 is 0 Å². The third-order valence-electron chi connectivity index (χ3n) is 18.7. The van der Waals surface area contributed by atoms with Crippen molar-refractivity contribution in [1.82, 2.24) is 0 Å². The maximum Gasteiger partial charge on any atom is -0.109 e. The van der Waals surface area contributed by atoms with E-state index in [0.717, 1.165) is 25.7 Å². The van der Waals surface area contributed by atoms with Crippen LogP contribution in [0.3, 0.4) is 0 Å². The fraction of sp³-hybridized carbons (Fsp3) is 0.356. The molecule has 0 spiro atoms. The van der Waals surface area contributed by atoms with Gasteiger partial charge >= 0.3 is 276 Å². The first-order valence-corrected chi connectivity index (χ1v) is 35.7. The smallest absolute Gasteiger partial charge is 0.109 e. The van der Waals surface area contributed by atoms with Crippen LogP contribution in [0.2, 0.25) is 0 Å². The van der Waals surface area contributed by atoms with Gasteiger partial charge in [0.1, 0.15) is 0 Å². The Kier molecular flexibility index (Phi) is 28.2. The van der Waals surface area contributed by atoms with Gasteiger partial charge < -0.3 is 24.8 Å². The van der Waals surface area contributed by atoms with Gasteiger partial charge in [0.15, 0.2) is 0 Å². The van der Waals surface area contributed by atoms with E-state index in [2.05, 4.69) is 357 Å². The summed E-state index contributed by atoms with van der Waals surface area (Å²) in [5.74, 6) is 0. The van der Waals surface area contributed by atoms with Crippen molar-refractivity contribution in [3.63, 3.8) is 0 Å². The Labute approximate surface area is 613 Å².